The van der Waals surface area contributed by atoms with Crippen molar-refractivity contribution < 1.29 is 4.39 Å². The summed E-state index contributed by atoms with van der Waals surface area (Å²) >= 11 is 0. The zero-order valence-corrected chi connectivity index (χ0v) is 9.41. The van der Waals surface area contributed by atoms with Crippen LogP contribution in [0.1, 0.15) is 35.1 Å². The average molecular weight is 217 g/mol. The van der Waals surface area contributed by atoms with Crippen molar-refractivity contribution in [3.8, 4) is 0 Å². The van der Waals surface area contributed by atoms with Crippen molar-refractivity contribution in [2.24, 2.45) is 0 Å². The molecule has 0 aromatic heterocycles. The second-order valence-corrected chi connectivity index (χ2v) is 4.66. The van der Waals surface area contributed by atoms with Gasteiger partial charge < -0.3 is 5.32 Å². The Kier molecular flexibility index (Phi) is 2.23. The highest BCUT2D eigenvalue weighted by molar-refractivity contribution is 5.67. The van der Waals surface area contributed by atoms with Crippen molar-refractivity contribution in [1.29, 1.82) is 0 Å². The molecule has 1 nitrogen and oxygen atoms in total. The molecular formula is C14H16FN. The lowest BCUT2D eigenvalue weighted by Crippen LogP contribution is -2.04. The van der Waals surface area contributed by atoms with Crippen molar-refractivity contribution >= 4 is 5.69 Å². The van der Waals surface area contributed by atoms with E-state index in [1.54, 1.807) is 6.20 Å². The molecule has 0 atom stereocenters. The summed E-state index contributed by atoms with van der Waals surface area (Å²) in [6.45, 7) is 3.72. The number of rotatable bonds is 2. The quantitative estimate of drug-likeness (QED) is 0.801. The lowest BCUT2D eigenvalue weighted by atomic mass is 9.98. The minimum Gasteiger partial charge on any atom is -0.362 e. The fourth-order valence-corrected chi connectivity index (χ4v) is 3.16. The number of hydrogen-bond acceptors (Lipinski definition) is 1. The third kappa shape index (κ3) is 1.22. The minimum absolute atomic E-state index is 0.0922. The number of halogens is 1. The van der Waals surface area contributed by atoms with Crippen molar-refractivity contribution in [3.63, 3.8) is 0 Å². The second kappa shape index (κ2) is 3.62. The maximum absolute atomic E-state index is 14.2. The van der Waals surface area contributed by atoms with Crippen LogP contribution < -0.4 is 5.32 Å². The Hall–Kier alpha value is -1.31. The van der Waals surface area contributed by atoms with E-state index in [0.717, 1.165) is 55.3 Å². The highest BCUT2D eigenvalue weighted by Gasteiger charge is 2.28. The summed E-state index contributed by atoms with van der Waals surface area (Å²) < 4.78 is 14.2. The van der Waals surface area contributed by atoms with E-state index >= 15 is 0 Å². The Morgan fingerprint density at radius 2 is 1.44 bits per heavy atom. The number of anilines is 1. The SMILES string of the molecule is C=CNc1c2c(c(F)c3c1CCC3)CCC2. The lowest BCUT2D eigenvalue weighted by Gasteiger charge is -2.15. The van der Waals surface area contributed by atoms with Crippen LogP contribution in [0, 0.1) is 5.82 Å². The summed E-state index contributed by atoms with van der Waals surface area (Å²) in [5.41, 5.74) is 5.50. The first-order valence-corrected chi connectivity index (χ1v) is 6.05. The molecule has 0 spiro atoms. The molecule has 3 rings (SSSR count). The van der Waals surface area contributed by atoms with Gasteiger partial charge >= 0.3 is 0 Å². The van der Waals surface area contributed by atoms with Crippen LogP contribution >= 0.6 is 0 Å². The zero-order chi connectivity index (χ0) is 11.1. The van der Waals surface area contributed by atoms with Gasteiger partial charge in [-0.3, -0.25) is 0 Å². The standard InChI is InChI=1S/C14H16FN/c1-2-16-14-11-7-3-5-9(11)13(15)10-6-4-8-12(10)14/h2,16H,1,3-8H2. The fraction of sp³-hybridized carbons (Fsp3) is 0.429. The molecule has 1 aromatic rings. The maximum atomic E-state index is 14.2. The summed E-state index contributed by atoms with van der Waals surface area (Å²) in [5, 5.41) is 3.23. The third-order valence-electron chi connectivity index (χ3n) is 3.82. The minimum atomic E-state index is 0.0922. The molecule has 1 aromatic carbocycles. The molecule has 2 aliphatic carbocycles. The summed E-state index contributed by atoms with van der Waals surface area (Å²) in [6.07, 6.45) is 7.71. The van der Waals surface area contributed by atoms with Crippen molar-refractivity contribution in [2.45, 2.75) is 38.5 Å². The van der Waals surface area contributed by atoms with Gasteiger partial charge in [0, 0.05) is 5.69 Å². The van der Waals surface area contributed by atoms with E-state index in [1.807, 2.05) is 0 Å². The van der Waals surface area contributed by atoms with Gasteiger partial charge in [-0.15, -0.1) is 0 Å². The lowest BCUT2D eigenvalue weighted by molar-refractivity contribution is 0.598. The van der Waals surface area contributed by atoms with Gasteiger partial charge in [-0.1, -0.05) is 6.58 Å². The first-order valence-electron chi connectivity index (χ1n) is 6.05. The zero-order valence-electron chi connectivity index (χ0n) is 9.41. The first kappa shape index (κ1) is 9.88. The van der Waals surface area contributed by atoms with E-state index in [0.29, 0.717) is 0 Å². The Balaban J connectivity index is 2.27. The van der Waals surface area contributed by atoms with Gasteiger partial charge in [-0.25, -0.2) is 4.39 Å². The van der Waals surface area contributed by atoms with Gasteiger partial charge in [0.15, 0.2) is 0 Å². The molecule has 0 amide bonds. The van der Waals surface area contributed by atoms with Gasteiger partial charge in [0.2, 0.25) is 0 Å². The van der Waals surface area contributed by atoms with Crippen LogP contribution in [0.3, 0.4) is 0 Å². The molecule has 0 fully saturated rings. The van der Waals surface area contributed by atoms with Crippen LogP contribution in [0.25, 0.3) is 0 Å². The molecule has 84 valence electrons. The summed E-state index contributed by atoms with van der Waals surface area (Å²) in [5.74, 6) is 0.0922. The highest BCUT2D eigenvalue weighted by atomic mass is 19.1. The Morgan fingerprint density at radius 1 is 0.938 bits per heavy atom. The molecule has 0 saturated carbocycles. The normalized spacial score (nSPS) is 17.1. The molecule has 2 aliphatic rings. The maximum Gasteiger partial charge on any atom is 0.130 e. The third-order valence-corrected chi connectivity index (χ3v) is 3.82. The van der Waals surface area contributed by atoms with Crippen molar-refractivity contribution in [2.75, 3.05) is 5.32 Å². The number of hydrogen-bond donors (Lipinski definition) is 1. The molecule has 0 radical (unpaired) electrons. The van der Waals surface area contributed by atoms with E-state index in [9.17, 15) is 4.39 Å². The summed E-state index contributed by atoms with van der Waals surface area (Å²) in [4.78, 5) is 0. The Labute approximate surface area is 95.4 Å². The molecule has 2 heteroatoms. The van der Waals surface area contributed by atoms with E-state index < -0.39 is 0 Å². The summed E-state index contributed by atoms with van der Waals surface area (Å²) in [7, 11) is 0. The number of fused-ring (bicyclic) bond motifs is 2. The second-order valence-electron chi connectivity index (χ2n) is 4.66. The van der Waals surface area contributed by atoms with Gasteiger partial charge in [0.25, 0.3) is 0 Å². The van der Waals surface area contributed by atoms with Crippen LogP contribution in [0.5, 0.6) is 0 Å². The highest BCUT2D eigenvalue weighted by Crippen LogP contribution is 2.40. The largest absolute Gasteiger partial charge is 0.362 e. The van der Waals surface area contributed by atoms with Crippen LogP contribution in [0.2, 0.25) is 0 Å². The van der Waals surface area contributed by atoms with E-state index in [-0.39, 0.29) is 5.82 Å². The van der Waals surface area contributed by atoms with E-state index in [4.69, 9.17) is 0 Å². The predicted molar refractivity (Wildman–Crippen MR) is 64.3 cm³/mol. The fourth-order valence-electron chi connectivity index (χ4n) is 3.16. The van der Waals surface area contributed by atoms with Crippen molar-refractivity contribution in [3.05, 3.63) is 40.8 Å². The van der Waals surface area contributed by atoms with Crippen LogP contribution in [-0.4, -0.2) is 0 Å². The van der Waals surface area contributed by atoms with Gasteiger partial charge in [-0.05, 0) is 67.0 Å². The van der Waals surface area contributed by atoms with Gasteiger partial charge in [0.05, 0.1) is 0 Å². The number of nitrogens with one attached hydrogen (secondary N) is 1. The van der Waals surface area contributed by atoms with Crippen LogP contribution in [-0.2, 0) is 25.7 Å². The topological polar surface area (TPSA) is 12.0 Å². The molecule has 16 heavy (non-hydrogen) atoms. The van der Waals surface area contributed by atoms with E-state index in [2.05, 4.69) is 11.9 Å². The van der Waals surface area contributed by atoms with E-state index in [1.165, 1.54) is 11.1 Å². The monoisotopic (exact) mass is 217 g/mol. The van der Waals surface area contributed by atoms with Gasteiger partial charge in [-0.2, -0.15) is 0 Å². The Morgan fingerprint density at radius 3 is 1.94 bits per heavy atom. The van der Waals surface area contributed by atoms with Crippen molar-refractivity contribution in [1.82, 2.24) is 0 Å². The molecule has 0 bridgehead atoms. The number of benzene rings is 1. The van der Waals surface area contributed by atoms with Gasteiger partial charge in [0.1, 0.15) is 5.82 Å². The van der Waals surface area contributed by atoms with Crippen LogP contribution in [0.15, 0.2) is 12.8 Å². The first-order chi connectivity index (χ1) is 7.83. The molecule has 0 aliphatic heterocycles. The predicted octanol–water partition coefficient (Wildman–Crippen LogP) is 3.36. The Bertz CT molecular complexity index is 427. The molecule has 1 N–H and O–H groups in total. The molecule has 0 unspecified atom stereocenters. The summed E-state index contributed by atoms with van der Waals surface area (Å²) in [6, 6.07) is 0. The molecular weight excluding hydrogens is 201 g/mol. The smallest absolute Gasteiger partial charge is 0.130 e. The van der Waals surface area contributed by atoms with Crippen LogP contribution in [0.4, 0.5) is 10.1 Å². The average Bonchev–Trinajstić information content (AvgIpc) is 2.92. The molecule has 0 saturated heterocycles. The molecule has 0 heterocycles.